The predicted octanol–water partition coefficient (Wildman–Crippen LogP) is 5.37. The van der Waals surface area contributed by atoms with Crippen LogP contribution in [0.5, 0.6) is 0 Å². The quantitative estimate of drug-likeness (QED) is 0.386. The van der Waals surface area contributed by atoms with Gasteiger partial charge >= 0.3 is 0 Å². The van der Waals surface area contributed by atoms with Gasteiger partial charge in [0.1, 0.15) is 0 Å². The molecule has 1 N–H and O–H groups in total. The van der Waals surface area contributed by atoms with Crippen molar-refractivity contribution in [1.29, 1.82) is 5.41 Å². The first kappa shape index (κ1) is 25.1. The van der Waals surface area contributed by atoms with E-state index in [2.05, 4.69) is 27.7 Å². The summed E-state index contributed by atoms with van der Waals surface area (Å²) < 4.78 is 4.22. The van der Waals surface area contributed by atoms with E-state index in [4.69, 9.17) is 22.0 Å². The Morgan fingerprint density at radius 1 is 0.974 bits per heavy atom. The fourth-order valence-electron chi connectivity index (χ4n) is 6.44. The molecule has 6 rings (SSSR count). The Bertz CT molecular complexity index is 1540. The lowest BCUT2D eigenvalue weighted by molar-refractivity contribution is -0.132. The van der Waals surface area contributed by atoms with Gasteiger partial charge in [-0.3, -0.25) is 15.2 Å². The second kappa shape index (κ2) is 10.2. The van der Waals surface area contributed by atoms with Gasteiger partial charge in [0.2, 0.25) is 11.5 Å². The average Bonchev–Trinajstić information content (AvgIpc) is 3.22. The maximum Gasteiger partial charge on any atom is 0.222 e. The highest BCUT2D eigenvalue weighted by atomic mass is 35.5. The first-order valence-corrected chi connectivity index (χ1v) is 14.1. The van der Waals surface area contributed by atoms with E-state index in [9.17, 15) is 4.79 Å². The Hall–Kier alpha value is -3.16. The Labute approximate surface area is 228 Å². The molecule has 7 nitrogen and oxygen atoms in total. The van der Waals surface area contributed by atoms with Crippen molar-refractivity contribution in [1.82, 2.24) is 23.9 Å². The van der Waals surface area contributed by atoms with Crippen molar-refractivity contribution in [2.45, 2.75) is 51.1 Å². The highest BCUT2D eigenvalue weighted by Crippen LogP contribution is 2.33. The van der Waals surface area contributed by atoms with Crippen molar-refractivity contribution < 1.29 is 4.79 Å². The van der Waals surface area contributed by atoms with Gasteiger partial charge in [-0.15, -0.1) is 0 Å². The third kappa shape index (κ3) is 4.41. The van der Waals surface area contributed by atoms with Crippen LogP contribution in [-0.4, -0.2) is 62.0 Å². The van der Waals surface area contributed by atoms with Crippen LogP contribution in [0.2, 0.25) is 5.02 Å². The summed E-state index contributed by atoms with van der Waals surface area (Å²) in [5.74, 6) is 0.276. The lowest BCUT2D eigenvalue weighted by atomic mass is 9.97. The van der Waals surface area contributed by atoms with E-state index >= 15 is 0 Å². The Morgan fingerprint density at radius 2 is 1.63 bits per heavy atom. The molecule has 4 aromatic rings. The van der Waals surface area contributed by atoms with Crippen LogP contribution < -0.4 is 5.62 Å². The van der Waals surface area contributed by atoms with Crippen LogP contribution in [0.1, 0.15) is 45.1 Å². The van der Waals surface area contributed by atoms with Gasteiger partial charge in [0.05, 0.1) is 22.7 Å². The number of imidazole rings is 1. The van der Waals surface area contributed by atoms with Gasteiger partial charge in [-0.2, -0.15) is 0 Å². The number of benzene rings is 2. The largest absolute Gasteiger partial charge is 0.343 e. The number of aromatic nitrogens is 3. The lowest BCUT2D eigenvalue weighted by Crippen LogP contribution is -2.49. The molecular weight excluding hydrogens is 496 g/mol. The van der Waals surface area contributed by atoms with Gasteiger partial charge in [0, 0.05) is 62.1 Å². The molecule has 38 heavy (non-hydrogen) atoms. The Morgan fingerprint density at radius 3 is 2.32 bits per heavy atom. The second-order valence-electron chi connectivity index (χ2n) is 10.7. The monoisotopic (exact) mass is 530 g/mol. The molecular formula is C30H35ClN6O. The number of nitrogens with one attached hydrogen (secondary N) is 1. The number of carbonyl (C=O) groups excluding carboxylic acids is 1. The summed E-state index contributed by atoms with van der Waals surface area (Å²) in [6.07, 6.45) is 6.67. The number of hydrogen-bond acceptors (Lipinski definition) is 4. The van der Waals surface area contributed by atoms with Gasteiger partial charge in [-0.05, 0) is 61.1 Å². The fourth-order valence-corrected chi connectivity index (χ4v) is 6.56. The molecule has 8 heteroatoms. The Kier molecular flexibility index (Phi) is 6.74. The molecule has 2 fully saturated rings. The second-order valence-corrected chi connectivity index (χ2v) is 11.2. The number of hydrogen-bond donors (Lipinski definition) is 1. The molecule has 0 atom stereocenters. The first-order valence-electron chi connectivity index (χ1n) is 13.8. The van der Waals surface area contributed by atoms with Crippen LogP contribution in [0.3, 0.4) is 0 Å². The molecule has 0 aliphatic carbocycles. The van der Waals surface area contributed by atoms with Crippen molar-refractivity contribution in [2.24, 2.45) is 7.05 Å². The minimum Gasteiger partial charge on any atom is -0.343 e. The molecule has 2 aliphatic heterocycles. The molecule has 2 aromatic carbocycles. The van der Waals surface area contributed by atoms with E-state index in [1.807, 2.05) is 53.9 Å². The minimum atomic E-state index is 0.272. The van der Waals surface area contributed by atoms with Crippen LogP contribution in [-0.2, 0) is 11.8 Å². The normalized spacial score (nSPS) is 18.0. The molecule has 1 amide bonds. The third-order valence-electron chi connectivity index (χ3n) is 8.65. The van der Waals surface area contributed by atoms with Crippen molar-refractivity contribution >= 4 is 39.4 Å². The zero-order valence-corrected chi connectivity index (χ0v) is 22.9. The summed E-state index contributed by atoms with van der Waals surface area (Å²) >= 11 is 6.13. The van der Waals surface area contributed by atoms with E-state index in [0.29, 0.717) is 18.1 Å². The SMILES string of the molecule is CCC(=O)N1CCC(N2CCC(n3c(=N)n(C)c4cnc5ccc(-c6ccc(Cl)cc6)cc5c43)CC2)CC1. The molecule has 0 saturated carbocycles. The molecule has 0 radical (unpaired) electrons. The zero-order valence-electron chi connectivity index (χ0n) is 22.2. The average molecular weight is 531 g/mol. The Balaban J connectivity index is 1.29. The summed E-state index contributed by atoms with van der Waals surface area (Å²) in [4.78, 5) is 21.5. The maximum absolute atomic E-state index is 12.1. The number of amides is 1. The van der Waals surface area contributed by atoms with E-state index in [0.717, 1.165) is 89.9 Å². The number of rotatable bonds is 4. The van der Waals surface area contributed by atoms with Crippen molar-refractivity contribution in [3.05, 3.63) is 59.3 Å². The van der Waals surface area contributed by atoms with Crippen molar-refractivity contribution in [3.8, 4) is 11.1 Å². The van der Waals surface area contributed by atoms with Crippen LogP contribution in [0.25, 0.3) is 33.1 Å². The highest BCUT2D eigenvalue weighted by molar-refractivity contribution is 6.30. The van der Waals surface area contributed by atoms with E-state index in [1.54, 1.807) is 0 Å². The number of pyridine rings is 1. The molecule has 2 aliphatic rings. The van der Waals surface area contributed by atoms with E-state index < -0.39 is 0 Å². The van der Waals surface area contributed by atoms with Gasteiger partial charge in [0.25, 0.3) is 0 Å². The summed E-state index contributed by atoms with van der Waals surface area (Å²) in [5, 5.41) is 10.8. The van der Waals surface area contributed by atoms with Gasteiger partial charge in [-0.1, -0.05) is 36.7 Å². The number of carbonyl (C=O) groups is 1. The van der Waals surface area contributed by atoms with Crippen molar-refractivity contribution in [3.63, 3.8) is 0 Å². The molecule has 0 spiro atoms. The number of fused-ring (bicyclic) bond motifs is 3. The summed E-state index contributed by atoms with van der Waals surface area (Å²) in [5.41, 5.74) is 5.79. The standard InChI is InChI=1S/C30H35ClN6O/c1-3-28(38)36-16-10-23(11-17-36)35-14-12-24(13-15-35)37-29-25-18-21(20-4-7-22(31)8-5-20)6-9-26(25)33-19-27(29)34(2)30(37)32/h4-9,18-19,23-24,32H,3,10-17H2,1-2H3. The summed E-state index contributed by atoms with van der Waals surface area (Å²) in [6.45, 7) is 5.75. The molecule has 198 valence electrons. The summed E-state index contributed by atoms with van der Waals surface area (Å²) in [6, 6.07) is 15.2. The number of piperidine rings is 2. The molecule has 2 aromatic heterocycles. The molecule has 0 unspecified atom stereocenters. The lowest BCUT2D eigenvalue weighted by Gasteiger charge is -2.42. The van der Waals surface area contributed by atoms with Crippen LogP contribution in [0.15, 0.2) is 48.7 Å². The molecule has 2 saturated heterocycles. The predicted molar refractivity (Wildman–Crippen MR) is 152 cm³/mol. The highest BCUT2D eigenvalue weighted by Gasteiger charge is 2.31. The number of likely N-dealkylation sites (tertiary alicyclic amines) is 2. The third-order valence-corrected chi connectivity index (χ3v) is 8.90. The minimum absolute atomic E-state index is 0.272. The van der Waals surface area contributed by atoms with Gasteiger partial charge in [0.15, 0.2) is 0 Å². The van der Waals surface area contributed by atoms with Crippen LogP contribution >= 0.6 is 11.6 Å². The fraction of sp³-hybridized carbons (Fsp3) is 0.433. The van der Waals surface area contributed by atoms with Crippen LogP contribution in [0.4, 0.5) is 0 Å². The topological polar surface area (TPSA) is 70.2 Å². The van der Waals surface area contributed by atoms with Gasteiger partial charge < -0.3 is 18.9 Å². The van der Waals surface area contributed by atoms with Crippen LogP contribution in [0, 0.1) is 5.41 Å². The molecule has 4 heterocycles. The number of aryl methyl sites for hydroxylation is 1. The summed E-state index contributed by atoms with van der Waals surface area (Å²) in [7, 11) is 1.97. The number of nitrogens with zero attached hydrogens (tertiary/aromatic N) is 5. The van der Waals surface area contributed by atoms with Crippen molar-refractivity contribution in [2.75, 3.05) is 26.2 Å². The smallest absolute Gasteiger partial charge is 0.222 e. The zero-order chi connectivity index (χ0) is 26.4. The van der Waals surface area contributed by atoms with E-state index in [-0.39, 0.29) is 11.9 Å². The van der Waals surface area contributed by atoms with E-state index in [1.165, 1.54) is 0 Å². The van der Waals surface area contributed by atoms with Gasteiger partial charge in [-0.25, -0.2) is 0 Å². The molecule has 0 bridgehead atoms. The maximum atomic E-state index is 12.1. The number of halogens is 1. The first-order chi connectivity index (χ1) is 18.4.